The number of fused-ring (bicyclic) bond motifs is 1. The van der Waals surface area contributed by atoms with E-state index in [-0.39, 0.29) is 6.04 Å². The lowest BCUT2D eigenvalue weighted by atomic mass is 10.1. The van der Waals surface area contributed by atoms with Crippen LogP contribution in [0.3, 0.4) is 0 Å². The topological polar surface area (TPSA) is 77.0 Å². The molecule has 0 saturated carbocycles. The number of nitrogen functional groups attached to an aromatic ring is 1. The summed E-state index contributed by atoms with van der Waals surface area (Å²) < 4.78 is 4.76. The molecule has 0 amide bonds. The molecule has 0 aliphatic rings. The number of anilines is 2. The van der Waals surface area contributed by atoms with E-state index in [9.17, 15) is 0 Å². The number of nitrogens with two attached hydrogens (primary N) is 1. The van der Waals surface area contributed by atoms with Crippen LogP contribution in [0.2, 0.25) is 0 Å². The Bertz CT molecular complexity index is 677. The van der Waals surface area contributed by atoms with Crippen molar-refractivity contribution in [2.24, 2.45) is 0 Å². The third-order valence-corrected chi connectivity index (χ3v) is 3.70. The van der Waals surface area contributed by atoms with Gasteiger partial charge in [-0.15, -0.1) is 0 Å². The van der Waals surface area contributed by atoms with Crippen LogP contribution in [0.15, 0.2) is 33.6 Å². The molecule has 0 bridgehead atoms. The first kappa shape index (κ1) is 12.0. The summed E-state index contributed by atoms with van der Waals surface area (Å²) in [5.41, 5.74) is 9.90. The second kappa shape index (κ2) is 4.89. The summed E-state index contributed by atoms with van der Waals surface area (Å²) in [4.78, 5) is 0. The quantitative estimate of drug-likeness (QED) is 0.715. The molecule has 1 atom stereocenters. The van der Waals surface area contributed by atoms with E-state index in [2.05, 4.69) is 39.4 Å². The molecule has 0 radical (unpaired) electrons. The van der Waals surface area contributed by atoms with E-state index in [0.29, 0.717) is 16.7 Å². The van der Waals surface area contributed by atoms with Gasteiger partial charge < -0.3 is 11.1 Å². The van der Waals surface area contributed by atoms with Crippen molar-refractivity contribution in [2.45, 2.75) is 19.4 Å². The van der Waals surface area contributed by atoms with Crippen molar-refractivity contribution >= 4 is 33.7 Å². The monoisotopic (exact) mass is 274 g/mol. The van der Waals surface area contributed by atoms with Crippen molar-refractivity contribution in [1.82, 2.24) is 10.3 Å². The Morgan fingerprint density at radius 3 is 2.95 bits per heavy atom. The fourth-order valence-electron chi connectivity index (χ4n) is 2.08. The van der Waals surface area contributed by atoms with E-state index >= 15 is 0 Å². The minimum atomic E-state index is 0.290. The Balaban J connectivity index is 1.81. The molecule has 5 nitrogen and oxygen atoms in total. The fraction of sp³-hybridized carbons (Fsp3) is 0.231. The molecule has 0 aliphatic heterocycles. The Hall–Kier alpha value is -2.08. The molecule has 0 spiro atoms. The lowest BCUT2D eigenvalue weighted by molar-refractivity contribution is 0.315. The Labute approximate surface area is 114 Å². The third-order valence-electron chi connectivity index (χ3n) is 2.97. The minimum Gasteiger partial charge on any atom is -0.397 e. The average Bonchev–Trinajstić information content (AvgIpc) is 3.03. The van der Waals surface area contributed by atoms with E-state index < -0.39 is 0 Å². The van der Waals surface area contributed by atoms with Crippen LogP contribution in [0, 0.1) is 0 Å². The van der Waals surface area contributed by atoms with E-state index in [1.807, 2.05) is 12.1 Å². The zero-order chi connectivity index (χ0) is 13.2. The van der Waals surface area contributed by atoms with E-state index in [4.69, 9.17) is 10.4 Å². The zero-order valence-electron chi connectivity index (χ0n) is 10.5. The van der Waals surface area contributed by atoms with Gasteiger partial charge in [-0.2, -0.15) is 11.3 Å². The standard InChI is InChI=1S/C13H14N4OS/c1-8(6-9-4-5-19-7-9)15-11-3-2-10(14)12-13(11)17-18-16-12/h2-5,7-8,15H,6,14H2,1H3. The molecular weight excluding hydrogens is 260 g/mol. The molecule has 19 heavy (non-hydrogen) atoms. The van der Waals surface area contributed by atoms with Crippen LogP contribution in [0.1, 0.15) is 12.5 Å². The average molecular weight is 274 g/mol. The number of thiophene rings is 1. The van der Waals surface area contributed by atoms with Crippen LogP contribution < -0.4 is 11.1 Å². The highest BCUT2D eigenvalue weighted by atomic mass is 32.1. The van der Waals surface area contributed by atoms with Gasteiger partial charge in [-0.05, 0) is 58.2 Å². The first-order valence-electron chi connectivity index (χ1n) is 6.02. The summed E-state index contributed by atoms with van der Waals surface area (Å²) in [6.07, 6.45) is 0.959. The molecule has 3 N–H and O–H groups in total. The first-order valence-corrected chi connectivity index (χ1v) is 6.96. The summed E-state index contributed by atoms with van der Waals surface area (Å²) in [5, 5.41) is 15.4. The number of benzene rings is 1. The molecule has 3 rings (SSSR count). The van der Waals surface area contributed by atoms with Gasteiger partial charge in [0.05, 0.1) is 11.4 Å². The van der Waals surface area contributed by atoms with Crippen LogP contribution >= 0.6 is 11.3 Å². The van der Waals surface area contributed by atoms with Gasteiger partial charge in [0.25, 0.3) is 0 Å². The van der Waals surface area contributed by atoms with Gasteiger partial charge in [0.15, 0.2) is 11.0 Å². The van der Waals surface area contributed by atoms with Crippen LogP contribution in [0.25, 0.3) is 11.0 Å². The number of aromatic nitrogens is 2. The molecule has 2 aromatic heterocycles. The Morgan fingerprint density at radius 2 is 2.16 bits per heavy atom. The van der Waals surface area contributed by atoms with Gasteiger partial charge in [-0.1, -0.05) is 0 Å². The first-order chi connectivity index (χ1) is 9.24. The highest BCUT2D eigenvalue weighted by Gasteiger charge is 2.12. The van der Waals surface area contributed by atoms with Crippen molar-refractivity contribution in [1.29, 1.82) is 0 Å². The van der Waals surface area contributed by atoms with Crippen LogP contribution in [-0.4, -0.2) is 16.4 Å². The summed E-state index contributed by atoms with van der Waals surface area (Å²) in [5.74, 6) is 0. The van der Waals surface area contributed by atoms with Gasteiger partial charge in [0.1, 0.15) is 0 Å². The van der Waals surface area contributed by atoms with Crippen molar-refractivity contribution in [2.75, 3.05) is 11.1 Å². The van der Waals surface area contributed by atoms with Crippen LogP contribution in [-0.2, 0) is 6.42 Å². The molecule has 1 aromatic carbocycles. The maximum atomic E-state index is 5.82. The predicted octanol–water partition coefficient (Wildman–Crippen LogP) is 2.91. The van der Waals surface area contributed by atoms with Crippen molar-refractivity contribution in [3.05, 3.63) is 34.5 Å². The summed E-state index contributed by atoms with van der Waals surface area (Å²) in [6, 6.07) is 6.15. The molecule has 6 heteroatoms. The lowest BCUT2D eigenvalue weighted by Gasteiger charge is -2.14. The Kier molecular flexibility index (Phi) is 3.08. The van der Waals surface area contributed by atoms with Gasteiger partial charge >= 0.3 is 0 Å². The SMILES string of the molecule is CC(Cc1ccsc1)Nc1ccc(N)c2nonc12. The Morgan fingerprint density at radius 1 is 1.32 bits per heavy atom. The molecular formula is C13H14N4OS. The second-order valence-electron chi connectivity index (χ2n) is 4.54. The smallest absolute Gasteiger partial charge is 0.160 e. The summed E-state index contributed by atoms with van der Waals surface area (Å²) in [6.45, 7) is 2.13. The maximum Gasteiger partial charge on any atom is 0.160 e. The maximum absolute atomic E-state index is 5.82. The van der Waals surface area contributed by atoms with Gasteiger partial charge in [0, 0.05) is 6.04 Å². The molecule has 0 aliphatic carbocycles. The van der Waals surface area contributed by atoms with Crippen LogP contribution in [0.5, 0.6) is 0 Å². The van der Waals surface area contributed by atoms with Crippen molar-refractivity contribution < 1.29 is 4.63 Å². The summed E-state index contributed by atoms with van der Waals surface area (Å²) in [7, 11) is 0. The van der Waals surface area contributed by atoms with E-state index in [1.54, 1.807) is 11.3 Å². The third kappa shape index (κ3) is 2.39. The molecule has 0 saturated heterocycles. The molecule has 98 valence electrons. The normalized spacial score (nSPS) is 12.7. The van der Waals surface area contributed by atoms with Crippen molar-refractivity contribution in [3.63, 3.8) is 0 Å². The largest absolute Gasteiger partial charge is 0.397 e. The van der Waals surface area contributed by atoms with Crippen LogP contribution in [0.4, 0.5) is 11.4 Å². The predicted molar refractivity (Wildman–Crippen MR) is 77.3 cm³/mol. The van der Waals surface area contributed by atoms with Gasteiger partial charge in [-0.25, -0.2) is 4.63 Å². The van der Waals surface area contributed by atoms with Gasteiger partial charge in [-0.3, -0.25) is 0 Å². The molecule has 1 unspecified atom stereocenters. The number of nitrogens with one attached hydrogen (secondary N) is 1. The summed E-state index contributed by atoms with van der Waals surface area (Å²) >= 11 is 1.71. The molecule has 3 aromatic rings. The van der Waals surface area contributed by atoms with E-state index in [0.717, 1.165) is 12.1 Å². The number of nitrogens with zero attached hydrogens (tertiary/aromatic N) is 2. The number of hydrogen-bond donors (Lipinski definition) is 2. The molecule has 0 fully saturated rings. The molecule has 2 heterocycles. The second-order valence-corrected chi connectivity index (χ2v) is 5.32. The minimum absolute atomic E-state index is 0.290. The highest BCUT2D eigenvalue weighted by molar-refractivity contribution is 7.07. The number of hydrogen-bond acceptors (Lipinski definition) is 6. The highest BCUT2D eigenvalue weighted by Crippen LogP contribution is 2.26. The van der Waals surface area contributed by atoms with E-state index in [1.165, 1.54) is 5.56 Å². The zero-order valence-corrected chi connectivity index (χ0v) is 11.3. The van der Waals surface area contributed by atoms with Gasteiger partial charge in [0.2, 0.25) is 0 Å². The lowest BCUT2D eigenvalue weighted by Crippen LogP contribution is -2.18. The fourth-order valence-corrected chi connectivity index (χ4v) is 2.76. The number of rotatable bonds is 4. The van der Waals surface area contributed by atoms with Crippen molar-refractivity contribution in [3.8, 4) is 0 Å².